The van der Waals surface area contributed by atoms with Crippen LogP contribution in [-0.2, 0) is 22.6 Å². The highest BCUT2D eigenvalue weighted by molar-refractivity contribution is 5.94. The number of nitrogens with one attached hydrogen (secondary N) is 2. The van der Waals surface area contributed by atoms with Gasteiger partial charge in [-0.05, 0) is 11.6 Å². The van der Waals surface area contributed by atoms with Gasteiger partial charge in [-0.1, -0.05) is 30.3 Å². The minimum atomic E-state index is -0.562. The Morgan fingerprint density at radius 3 is 2.91 bits per heavy atom. The molecule has 6 heteroatoms. The Morgan fingerprint density at radius 2 is 2.09 bits per heavy atom. The van der Waals surface area contributed by atoms with Gasteiger partial charge in [0.25, 0.3) is 0 Å². The number of nitrogens with zero attached hydrogens (tertiary/aromatic N) is 1. The second-order valence-electron chi connectivity index (χ2n) is 4.95. The lowest BCUT2D eigenvalue weighted by Crippen LogP contribution is -2.20. The molecule has 0 aliphatic carbocycles. The van der Waals surface area contributed by atoms with Crippen LogP contribution in [0.15, 0.2) is 42.6 Å². The number of carbonyl (C=O) groups is 2. The molecule has 22 heavy (non-hydrogen) atoms. The molecule has 2 N–H and O–H groups in total. The van der Waals surface area contributed by atoms with Crippen molar-refractivity contribution in [2.75, 3.05) is 10.6 Å². The summed E-state index contributed by atoms with van der Waals surface area (Å²) in [6.07, 6.45) is 2.04. The fourth-order valence-corrected chi connectivity index (χ4v) is 2.19. The lowest BCUT2D eigenvalue weighted by molar-refractivity contribution is -0.116. The number of hydrogen-bond donors (Lipinski definition) is 2. The molecule has 0 radical (unpaired) electrons. The summed E-state index contributed by atoms with van der Waals surface area (Å²) in [6, 6.07) is 11.1. The third kappa shape index (κ3) is 3.41. The van der Waals surface area contributed by atoms with E-state index in [1.165, 1.54) is 0 Å². The number of pyridine rings is 1. The fraction of sp³-hybridized carbons (Fsp3) is 0.188. The number of rotatable bonds is 3. The number of anilines is 2. The highest BCUT2D eigenvalue weighted by atomic mass is 16.5. The zero-order valence-electron chi connectivity index (χ0n) is 11.8. The Hall–Kier alpha value is -2.89. The van der Waals surface area contributed by atoms with Gasteiger partial charge in [-0.25, -0.2) is 4.79 Å². The molecule has 0 saturated carbocycles. The number of aryl methyl sites for hydroxylation is 1. The molecule has 1 aliphatic heterocycles. The Labute approximate surface area is 127 Å². The van der Waals surface area contributed by atoms with E-state index in [-0.39, 0.29) is 12.5 Å². The Kier molecular flexibility index (Phi) is 4.00. The molecule has 1 aromatic carbocycles. The predicted molar refractivity (Wildman–Crippen MR) is 81.4 cm³/mol. The molecule has 6 nitrogen and oxygen atoms in total. The van der Waals surface area contributed by atoms with E-state index < -0.39 is 6.09 Å². The van der Waals surface area contributed by atoms with Crippen LogP contribution < -0.4 is 10.6 Å². The molecule has 2 amide bonds. The SMILES string of the molecule is O=C1CCc2ncc(NC(=O)OCc3ccccc3)cc2N1. The smallest absolute Gasteiger partial charge is 0.412 e. The van der Waals surface area contributed by atoms with Crippen LogP contribution in [0, 0.1) is 0 Å². The topological polar surface area (TPSA) is 80.3 Å². The van der Waals surface area contributed by atoms with E-state index in [1.807, 2.05) is 30.3 Å². The summed E-state index contributed by atoms with van der Waals surface area (Å²) in [5.74, 6) is -0.0434. The van der Waals surface area contributed by atoms with E-state index in [1.54, 1.807) is 12.3 Å². The third-order valence-electron chi connectivity index (χ3n) is 3.29. The van der Waals surface area contributed by atoms with Gasteiger partial charge in [0.15, 0.2) is 0 Å². The zero-order chi connectivity index (χ0) is 15.4. The van der Waals surface area contributed by atoms with E-state index in [0.29, 0.717) is 24.2 Å². The van der Waals surface area contributed by atoms with Crippen LogP contribution in [0.1, 0.15) is 17.7 Å². The average molecular weight is 297 g/mol. The largest absolute Gasteiger partial charge is 0.444 e. The summed E-state index contributed by atoms with van der Waals surface area (Å²) < 4.78 is 5.13. The van der Waals surface area contributed by atoms with Gasteiger partial charge in [0.1, 0.15) is 6.61 Å². The lowest BCUT2D eigenvalue weighted by atomic mass is 10.1. The van der Waals surface area contributed by atoms with Gasteiger partial charge in [-0.2, -0.15) is 0 Å². The van der Waals surface area contributed by atoms with Crippen molar-refractivity contribution in [2.24, 2.45) is 0 Å². The quantitative estimate of drug-likeness (QED) is 0.912. The van der Waals surface area contributed by atoms with E-state index in [2.05, 4.69) is 15.6 Å². The van der Waals surface area contributed by atoms with Crippen LogP contribution in [0.2, 0.25) is 0 Å². The highest BCUT2D eigenvalue weighted by Crippen LogP contribution is 2.23. The first-order valence-electron chi connectivity index (χ1n) is 6.97. The summed E-state index contributed by atoms with van der Waals surface area (Å²) in [7, 11) is 0. The van der Waals surface area contributed by atoms with Crippen LogP contribution in [0.3, 0.4) is 0 Å². The first kappa shape index (κ1) is 14.1. The first-order chi connectivity index (χ1) is 10.7. The Bertz CT molecular complexity index is 701. The van der Waals surface area contributed by atoms with Crippen molar-refractivity contribution < 1.29 is 14.3 Å². The number of fused-ring (bicyclic) bond motifs is 1. The second kappa shape index (κ2) is 6.26. The Balaban J connectivity index is 1.60. The summed E-state index contributed by atoms with van der Waals surface area (Å²) in [6.45, 7) is 0.196. The summed E-state index contributed by atoms with van der Waals surface area (Å²) >= 11 is 0. The molecule has 1 aromatic heterocycles. The van der Waals surface area contributed by atoms with E-state index in [0.717, 1.165) is 11.3 Å². The molecule has 0 saturated heterocycles. The van der Waals surface area contributed by atoms with Crippen molar-refractivity contribution in [1.29, 1.82) is 0 Å². The molecule has 0 unspecified atom stereocenters. The van der Waals surface area contributed by atoms with Gasteiger partial charge in [0.05, 0.1) is 23.3 Å². The van der Waals surface area contributed by atoms with Gasteiger partial charge < -0.3 is 10.1 Å². The molecular weight excluding hydrogens is 282 g/mol. The van der Waals surface area contributed by atoms with Crippen LogP contribution in [0.5, 0.6) is 0 Å². The second-order valence-corrected chi connectivity index (χ2v) is 4.95. The summed E-state index contributed by atoms with van der Waals surface area (Å²) in [5.41, 5.74) is 2.85. The molecule has 2 heterocycles. The maximum atomic E-state index is 11.8. The minimum Gasteiger partial charge on any atom is -0.444 e. The molecule has 0 bridgehead atoms. The number of amides is 2. The van der Waals surface area contributed by atoms with Crippen LogP contribution in [0.25, 0.3) is 0 Å². The number of aromatic nitrogens is 1. The molecule has 112 valence electrons. The molecule has 0 spiro atoms. The third-order valence-corrected chi connectivity index (χ3v) is 3.29. The number of carbonyl (C=O) groups excluding carboxylic acids is 2. The van der Waals surface area contributed by atoms with E-state index in [9.17, 15) is 9.59 Å². The number of hydrogen-bond acceptors (Lipinski definition) is 4. The van der Waals surface area contributed by atoms with Crippen molar-refractivity contribution in [3.63, 3.8) is 0 Å². The fourth-order valence-electron chi connectivity index (χ4n) is 2.19. The lowest BCUT2D eigenvalue weighted by Gasteiger charge is -2.16. The molecule has 2 aromatic rings. The van der Waals surface area contributed by atoms with Gasteiger partial charge in [-0.3, -0.25) is 15.1 Å². The van der Waals surface area contributed by atoms with Crippen molar-refractivity contribution in [1.82, 2.24) is 4.98 Å². The van der Waals surface area contributed by atoms with E-state index in [4.69, 9.17) is 4.74 Å². The van der Waals surface area contributed by atoms with Crippen LogP contribution in [-0.4, -0.2) is 17.0 Å². The Morgan fingerprint density at radius 1 is 1.27 bits per heavy atom. The van der Waals surface area contributed by atoms with Crippen molar-refractivity contribution in [3.8, 4) is 0 Å². The van der Waals surface area contributed by atoms with Crippen LogP contribution >= 0.6 is 0 Å². The summed E-state index contributed by atoms with van der Waals surface area (Å²) in [4.78, 5) is 27.4. The standard InChI is InChI=1S/C16H15N3O3/c20-15-7-6-13-14(19-15)8-12(9-17-13)18-16(21)22-10-11-4-2-1-3-5-11/h1-5,8-9H,6-7,10H2,(H,18,21)(H,19,20). The van der Waals surface area contributed by atoms with Gasteiger partial charge >= 0.3 is 6.09 Å². The minimum absolute atomic E-state index is 0.0434. The highest BCUT2D eigenvalue weighted by Gasteiger charge is 2.16. The molecular formula is C16H15N3O3. The van der Waals surface area contributed by atoms with E-state index >= 15 is 0 Å². The number of ether oxygens (including phenoxy) is 1. The normalized spacial score (nSPS) is 13.0. The maximum absolute atomic E-state index is 11.8. The zero-order valence-corrected chi connectivity index (χ0v) is 11.8. The molecule has 0 atom stereocenters. The average Bonchev–Trinajstić information content (AvgIpc) is 2.53. The van der Waals surface area contributed by atoms with Crippen molar-refractivity contribution in [3.05, 3.63) is 53.9 Å². The van der Waals surface area contributed by atoms with Crippen molar-refractivity contribution >= 4 is 23.4 Å². The monoisotopic (exact) mass is 297 g/mol. The van der Waals surface area contributed by atoms with Crippen LogP contribution in [0.4, 0.5) is 16.2 Å². The maximum Gasteiger partial charge on any atom is 0.412 e. The van der Waals surface area contributed by atoms with Gasteiger partial charge in [0, 0.05) is 12.8 Å². The molecule has 1 aliphatic rings. The number of benzene rings is 1. The first-order valence-corrected chi connectivity index (χ1v) is 6.97. The summed E-state index contributed by atoms with van der Waals surface area (Å²) in [5, 5.41) is 5.34. The molecule has 0 fully saturated rings. The predicted octanol–water partition coefficient (Wildman–Crippen LogP) is 2.72. The van der Waals surface area contributed by atoms with Gasteiger partial charge in [0.2, 0.25) is 5.91 Å². The van der Waals surface area contributed by atoms with Crippen molar-refractivity contribution in [2.45, 2.75) is 19.4 Å². The van der Waals surface area contributed by atoms with Gasteiger partial charge in [-0.15, -0.1) is 0 Å². The molecule has 3 rings (SSSR count).